The summed E-state index contributed by atoms with van der Waals surface area (Å²) in [6.45, 7) is 3.86. The second kappa shape index (κ2) is 8.87. The molecule has 4 rings (SSSR count). The summed E-state index contributed by atoms with van der Waals surface area (Å²) >= 11 is 1.54. The summed E-state index contributed by atoms with van der Waals surface area (Å²) in [5.74, 6) is 1.63. The van der Waals surface area contributed by atoms with Gasteiger partial charge in [-0.05, 0) is 49.7 Å². The van der Waals surface area contributed by atoms with Gasteiger partial charge in [0.15, 0.2) is 0 Å². The largest absolute Gasteiger partial charge is 0.487 e. The average Bonchev–Trinajstić information content (AvgIpc) is 3.37. The molecule has 1 amide bonds. The summed E-state index contributed by atoms with van der Waals surface area (Å²) in [7, 11) is 0. The van der Waals surface area contributed by atoms with E-state index in [0.29, 0.717) is 18.7 Å². The number of fused-ring (bicyclic) bond motifs is 1. The van der Waals surface area contributed by atoms with Gasteiger partial charge in [-0.2, -0.15) is 0 Å². The number of nitrogens with one attached hydrogen (secondary N) is 1. The number of imidazole rings is 1. The Kier molecular flexibility index (Phi) is 5.86. The Labute approximate surface area is 173 Å². The van der Waals surface area contributed by atoms with E-state index < -0.39 is 0 Å². The van der Waals surface area contributed by atoms with Crippen molar-refractivity contribution in [3.05, 3.63) is 76.5 Å². The number of carbonyl (C=O) groups is 1. The number of thiazole rings is 1. The molecule has 2 aromatic carbocycles. The quantitative estimate of drug-likeness (QED) is 0.445. The van der Waals surface area contributed by atoms with Crippen LogP contribution in [0.5, 0.6) is 5.75 Å². The van der Waals surface area contributed by atoms with Gasteiger partial charge in [-0.1, -0.05) is 12.1 Å². The minimum Gasteiger partial charge on any atom is -0.487 e. The van der Waals surface area contributed by atoms with E-state index in [4.69, 9.17) is 4.74 Å². The van der Waals surface area contributed by atoms with Gasteiger partial charge >= 0.3 is 0 Å². The summed E-state index contributed by atoms with van der Waals surface area (Å²) in [4.78, 5) is 21.1. The number of nitrogens with zero attached hydrogens (tertiary/aromatic N) is 3. The average molecular weight is 407 g/mol. The third kappa shape index (κ3) is 4.63. The molecule has 2 heterocycles. The van der Waals surface area contributed by atoms with Gasteiger partial charge in [-0.25, -0.2) is 9.97 Å². The predicted molar refractivity (Wildman–Crippen MR) is 114 cm³/mol. The van der Waals surface area contributed by atoms with Crippen LogP contribution >= 0.6 is 11.3 Å². The van der Waals surface area contributed by atoms with Crippen molar-refractivity contribution in [3.63, 3.8) is 0 Å². The molecule has 4 aromatic rings. The van der Waals surface area contributed by atoms with E-state index >= 15 is 0 Å². The van der Waals surface area contributed by atoms with Gasteiger partial charge in [-0.3, -0.25) is 4.79 Å². The van der Waals surface area contributed by atoms with Gasteiger partial charge in [0.1, 0.15) is 18.2 Å². The number of hydrogen-bond acceptors (Lipinski definition) is 5. The molecule has 6 nitrogen and oxygen atoms in total. The molecule has 0 radical (unpaired) electrons. The highest BCUT2D eigenvalue weighted by Crippen LogP contribution is 2.16. The van der Waals surface area contributed by atoms with Crippen LogP contribution < -0.4 is 10.1 Å². The van der Waals surface area contributed by atoms with Crippen LogP contribution in [0.3, 0.4) is 0 Å². The third-order valence-corrected chi connectivity index (χ3v) is 5.31. The number of para-hydroxylation sites is 2. The van der Waals surface area contributed by atoms with Crippen molar-refractivity contribution >= 4 is 28.3 Å². The smallest absolute Gasteiger partial charge is 0.251 e. The lowest BCUT2D eigenvalue weighted by Crippen LogP contribution is -2.25. The zero-order valence-electron chi connectivity index (χ0n) is 16.2. The molecule has 2 aromatic heterocycles. The highest BCUT2D eigenvalue weighted by molar-refractivity contribution is 7.07. The lowest BCUT2D eigenvalue weighted by atomic mass is 10.2. The van der Waals surface area contributed by atoms with E-state index in [1.54, 1.807) is 29.0 Å². The van der Waals surface area contributed by atoms with E-state index in [0.717, 1.165) is 41.3 Å². The number of hydrogen-bond donors (Lipinski definition) is 1. The van der Waals surface area contributed by atoms with Crippen molar-refractivity contribution < 1.29 is 9.53 Å². The number of aromatic nitrogens is 3. The van der Waals surface area contributed by atoms with E-state index in [1.807, 2.05) is 42.6 Å². The molecule has 0 aliphatic heterocycles. The summed E-state index contributed by atoms with van der Waals surface area (Å²) < 4.78 is 7.87. The van der Waals surface area contributed by atoms with Crippen molar-refractivity contribution in [3.8, 4) is 5.75 Å². The minimum atomic E-state index is -0.0803. The number of aryl methyl sites for hydroxylation is 2. The van der Waals surface area contributed by atoms with E-state index in [1.165, 1.54) is 0 Å². The first-order chi connectivity index (χ1) is 14.2. The molecular formula is C22H22N4O2S. The van der Waals surface area contributed by atoms with Crippen molar-refractivity contribution in [1.82, 2.24) is 19.9 Å². The fraction of sp³-hybridized carbons (Fsp3) is 0.227. The monoisotopic (exact) mass is 406 g/mol. The Hall–Kier alpha value is -3.19. The summed E-state index contributed by atoms with van der Waals surface area (Å²) in [6, 6.07) is 15.3. The highest BCUT2D eigenvalue weighted by atomic mass is 32.1. The Morgan fingerprint density at radius 3 is 2.79 bits per heavy atom. The summed E-state index contributed by atoms with van der Waals surface area (Å²) in [5.41, 5.74) is 5.44. The number of carbonyl (C=O) groups excluding carboxylic acids is 1. The highest BCUT2D eigenvalue weighted by Gasteiger charge is 2.08. The number of benzene rings is 2. The molecule has 0 atom stereocenters. The van der Waals surface area contributed by atoms with Gasteiger partial charge in [0.05, 0.1) is 22.2 Å². The van der Waals surface area contributed by atoms with E-state index in [9.17, 15) is 4.79 Å². The molecule has 148 valence electrons. The van der Waals surface area contributed by atoms with Crippen molar-refractivity contribution in [2.24, 2.45) is 0 Å². The Morgan fingerprint density at radius 1 is 1.17 bits per heavy atom. The molecular weight excluding hydrogens is 384 g/mol. The van der Waals surface area contributed by atoms with Crippen LogP contribution in [0.2, 0.25) is 0 Å². The maximum absolute atomic E-state index is 12.4. The molecule has 1 N–H and O–H groups in total. The number of amides is 1. The molecule has 0 fully saturated rings. The first kappa shape index (κ1) is 19.1. The zero-order valence-corrected chi connectivity index (χ0v) is 17.0. The van der Waals surface area contributed by atoms with Crippen LogP contribution in [0.4, 0.5) is 0 Å². The van der Waals surface area contributed by atoms with Gasteiger partial charge < -0.3 is 14.6 Å². The van der Waals surface area contributed by atoms with Gasteiger partial charge in [0.25, 0.3) is 5.91 Å². The lowest BCUT2D eigenvalue weighted by molar-refractivity contribution is 0.0952. The van der Waals surface area contributed by atoms with Gasteiger partial charge in [-0.15, -0.1) is 11.3 Å². The molecule has 0 bridgehead atoms. The second-order valence-electron chi connectivity index (χ2n) is 6.70. The van der Waals surface area contributed by atoms with Gasteiger partial charge in [0, 0.05) is 24.0 Å². The van der Waals surface area contributed by atoms with Crippen LogP contribution in [0.25, 0.3) is 11.0 Å². The van der Waals surface area contributed by atoms with Crippen LogP contribution in [0.1, 0.15) is 28.3 Å². The standard InChI is InChI=1S/C22H22N4O2S/c1-16-25-20-5-2-3-6-21(20)26(16)12-4-11-23-22(27)17-7-9-19(10-8-17)28-13-18-14-29-15-24-18/h2-3,5-10,14-15H,4,11-13H2,1H3,(H,23,27). The second-order valence-corrected chi connectivity index (χ2v) is 7.42. The maximum atomic E-state index is 12.4. The molecule has 29 heavy (non-hydrogen) atoms. The fourth-order valence-electron chi connectivity index (χ4n) is 3.19. The van der Waals surface area contributed by atoms with Crippen LogP contribution in [-0.2, 0) is 13.2 Å². The molecule has 0 aliphatic rings. The predicted octanol–water partition coefficient (Wildman–Crippen LogP) is 4.20. The van der Waals surface area contributed by atoms with Gasteiger partial charge in [0.2, 0.25) is 0 Å². The first-order valence-electron chi connectivity index (χ1n) is 9.51. The lowest BCUT2D eigenvalue weighted by Gasteiger charge is -2.09. The normalized spacial score (nSPS) is 10.9. The van der Waals surface area contributed by atoms with E-state index in [-0.39, 0.29) is 5.91 Å². The third-order valence-electron chi connectivity index (χ3n) is 4.68. The van der Waals surface area contributed by atoms with Crippen molar-refractivity contribution in [2.75, 3.05) is 6.54 Å². The fourth-order valence-corrected chi connectivity index (χ4v) is 3.73. The number of ether oxygens (including phenoxy) is 1. The zero-order chi connectivity index (χ0) is 20.1. The molecule has 0 aliphatic carbocycles. The molecule has 0 spiro atoms. The van der Waals surface area contributed by atoms with Crippen LogP contribution in [-0.4, -0.2) is 27.0 Å². The number of rotatable bonds is 8. The SMILES string of the molecule is Cc1nc2ccccc2n1CCCNC(=O)c1ccc(OCc2cscn2)cc1. The first-order valence-corrected chi connectivity index (χ1v) is 10.4. The maximum Gasteiger partial charge on any atom is 0.251 e. The summed E-state index contributed by atoms with van der Waals surface area (Å²) in [5, 5.41) is 4.93. The molecule has 0 unspecified atom stereocenters. The Balaban J connectivity index is 1.25. The van der Waals surface area contributed by atoms with Crippen molar-refractivity contribution in [1.29, 1.82) is 0 Å². The molecule has 7 heteroatoms. The van der Waals surface area contributed by atoms with E-state index in [2.05, 4.69) is 25.9 Å². The minimum absolute atomic E-state index is 0.0803. The Morgan fingerprint density at radius 2 is 2.00 bits per heavy atom. The van der Waals surface area contributed by atoms with Crippen LogP contribution in [0, 0.1) is 6.92 Å². The van der Waals surface area contributed by atoms with Crippen molar-refractivity contribution in [2.45, 2.75) is 26.5 Å². The molecule has 0 saturated carbocycles. The molecule has 0 saturated heterocycles. The summed E-state index contributed by atoms with van der Waals surface area (Å²) in [6.07, 6.45) is 0.835. The Bertz CT molecular complexity index is 1090. The van der Waals surface area contributed by atoms with Crippen LogP contribution in [0.15, 0.2) is 59.4 Å². The topological polar surface area (TPSA) is 69.0 Å².